The summed E-state index contributed by atoms with van der Waals surface area (Å²) >= 11 is 0. The van der Waals surface area contributed by atoms with Crippen molar-refractivity contribution in [1.29, 1.82) is 0 Å². The van der Waals surface area contributed by atoms with Gasteiger partial charge in [0, 0.05) is 30.2 Å². The normalized spacial score (nSPS) is 31.0. The maximum absolute atomic E-state index is 3.78. The van der Waals surface area contributed by atoms with Crippen molar-refractivity contribution in [2.24, 2.45) is 5.92 Å². The highest BCUT2D eigenvalue weighted by Gasteiger charge is 2.41. The molecule has 0 aromatic heterocycles. The molecule has 2 atom stereocenters. The minimum Gasteiger partial charge on any atom is -0.309 e. The Kier molecular flexibility index (Phi) is 5.25. The molecule has 0 aromatic carbocycles. The highest BCUT2D eigenvalue weighted by atomic mass is 15.3. The van der Waals surface area contributed by atoms with Crippen LogP contribution in [0.3, 0.4) is 0 Å². The predicted molar refractivity (Wildman–Crippen MR) is 81.0 cm³/mol. The summed E-state index contributed by atoms with van der Waals surface area (Å²) in [6.45, 7) is 18.8. The van der Waals surface area contributed by atoms with Crippen molar-refractivity contribution in [1.82, 2.24) is 10.2 Å². The average molecular weight is 254 g/mol. The SMILES string of the molecule is CCCC(C)(C)N1CC(C)(CC)NCC1C(C)C. The third-order valence-electron chi connectivity index (χ3n) is 4.85. The molecular weight excluding hydrogens is 220 g/mol. The predicted octanol–water partition coefficient (Wildman–Crippen LogP) is 3.66. The topological polar surface area (TPSA) is 15.3 Å². The largest absolute Gasteiger partial charge is 0.309 e. The molecule has 1 N–H and O–H groups in total. The van der Waals surface area contributed by atoms with Crippen LogP contribution in [0, 0.1) is 5.92 Å². The van der Waals surface area contributed by atoms with Crippen LogP contribution in [-0.4, -0.2) is 35.1 Å². The second-order valence-corrected chi connectivity index (χ2v) is 7.30. The number of nitrogens with one attached hydrogen (secondary N) is 1. The van der Waals surface area contributed by atoms with Crippen LogP contribution >= 0.6 is 0 Å². The lowest BCUT2D eigenvalue weighted by Gasteiger charge is -2.54. The van der Waals surface area contributed by atoms with Gasteiger partial charge in [0.25, 0.3) is 0 Å². The van der Waals surface area contributed by atoms with Crippen molar-refractivity contribution in [2.45, 2.75) is 84.8 Å². The number of hydrogen-bond donors (Lipinski definition) is 1. The van der Waals surface area contributed by atoms with Crippen LogP contribution in [0.1, 0.15) is 67.7 Å². The fourth-order valence-corrected chi connectivity index (χ4v) is 3.26. The fourth-order valence-electron chi connectivity index (χ4n) is 3.26. The molecule has 18 heavy (non-hydrogen) atoms. The zero-order valence-electron chi connectivity index (χ0n) is 13.6. The van der Waals surface area contributed by atoms with E-state index >= 15 is 0 Å². The molecule has 0 spiro atoms. The van der Waals surface area contributed by atoms with E-state index in [1.165, 1.54) is 25.8 Å². The van der Waals surface area contributed by atoms with E-state index in [-0.39, 0.29) is 5.54 Å². The summed E-state index contributed by atoms with van der Waals surface area (Å²) < 4.78 is 0. The van der Waals surface area contributed by atoms with Crippen molar-refractivity contribution in [3.8, 4) is 0 Å². The Bertz CT molecular complexity index is 260. The molecule has 1 heterocycles. The van der Waals surface area contributed by atoms with E-state index < -0.39 is 0 Å². The van der Waals surface area contributed by atoms with Gasteiger partial charge in [0.15, 0.2) is 0 Å². The highest BCUT2D eigenvalue weighted by Crippen LogP contribution is 2.31. The lowest BCUT2D eigenvalue weighted by molar-refractivity contribution is -0.0186. The van der Waals surface area contributed by atoms with Crippen molar-refractivity contribution in [3.63, 3.8) is 0 Å². The van der Waals surface area contributed by atoms with E-state index in [2.05, 4.69) is 58.7 Å². The van der Waals surface area contributed by atoms with Crippen LogP contribution in [0.2, 0.25) is 0 Å². The number of hydrogen-bond acceptors (Lipinski definition) is 2. The third-order valence-corrected chi connectivity index (χ3v) is 4.85. The molecule has 2 heteroatoms. The van der Waals surface area contributed by atoms with Gasteiger partial charge in [-0.05, 0) is 39.5 Å². The van der Waals surface area contributed by atoms with E-state index in [0.29, 0.717) is 11.6 Å². The van der Waals surface area contributed by atoms with Gasteiger partial charge in [-0.15, -0.1) is 0 Å². The monoisotopic (exact) mass is 254 g/mol. The molecular formula is C16H34N2. The summed E-state index contributed by atoms with van der Waals surface area (Å²) in [7, 11) is 0. The number of nitrogens with zero attached hydrogens (tertiary/aromatic N) is 1. The standard InChI is InChI=1S/C16H34N2/c1-8-10-15(5,6)18-12-16(7,9-2)17-11-14(18)13(3)4/h13-14,17H,8-12H2,1-7H3. The summed E-state index contributed by atoms with van der Waals surface area (Å²) in [5, 5.41) is 3.78. The molecule has 1 saturated heterocycles. The van der Waals surface area contributed by atoms with E-state index in [0.717, 1.165) is 12.5 Å². The Balaban J connectivity index is 2.91. The molecule has 1 aliphatic heterocycles. The first-order valence-corrected chi connectivity index (χ1v) is 7.77. The van der Waals surface area contributed by atoms with Crippen LogP contribution in [0.15, 0.2) is 0 Å². The summed E-state index contributed by atoms with van der Waals surface area (Å²) in [6.07, 6.45) is 3.76. The van der Waals surface area contributed by atoms with Gasteiger partial charge in [0.05, 0.1) is 0 Å². The van der Waals surface area contributed by atoms with Crippen LogP contribution in [0.5, 0.6) is 0 Å². The van der Waals surface area contributed by atoms with Gasteiger partial charge < -0.3 is 5.32 Å². The van der Waals surface area contributed by atoms with Crippen molar-refractivity contribution in [2.75, 3.05) is 13.1 Å². The Hall–Kier alpha value is -0.0800. The Morgan fingerprint density at radius 1 is 1.33 bits per heavy atom. The Labute approximate surface area is 115 Å². The van der Waals surface area contributed by atoms with E-state index in [1.54, 1.807) is 0 Å². The van der Waals surface area contributed by atoms with Gasteiger partial charge in [-0.2, -0.15) is 0 Å². The Morgan fingerprint density at radius 3 is 2.39 bits per heavy atom. The molecule has 2 nitrogen and oxygen atoms in total. The Morgan fingerprint density at radius 2 is 1.94 bits per heavy atom. The molecule has 0 amide bonds. The second kappa shape index (κ2) is 5.92. The molecule has 0 saturated carbocycles. The maximum Gasteiger partial charge on any atom is 0.0278 e. The molecule has 1 fully saturated rings. The highest BCUT2D eigenvalue weighted by molar-refractivity contribution is 5.00. The lowest BCUT2D eigenvalue weighted by atomic mass is 9.84. The van der Waals surface area contributed by atoms with Crippen molar-refractivity contribution >= 4 is 0 Å². The minimum absolute atomic E-state index is 0.288. The second-order valence-electron chi connectivity index (χ2n) is 7.30. The zero-order chi connectivity index (χ0) is 14.0. The van der Waals surface area contributed by atoms with Gasteiger partial charge in [-0.25, -0.2) is 0 Å². The van der Waals surface area contributed by atoms with Gasteiger partial charge in [-0.3, -0.25) is 4.90 Å². The molecule has 2 unspecified atom stereocenters. The van der Waals surface area contributed by atoms with E-state index in [9.17, 15) is 0 Å². The quantitative estimate of drug-likeness (QED) is 0.805. The molecule has 1 rings (SSSR count). The van der Waals surface area contributed by atoms with Crippen LogP contribution in [0.4, 0.5) is 0 Å². The molecule has 1 aliphatic rings. The smallest absolute Gasteiger partial charge is 0.0278 e. The molecule has 0 aromatic rings. The molecule has 0 aliphatic carbocycles. The lowest BCUT2D eigenvalue weighted by Crippen LogP contribution is -2.68. The molecule has 108 valence electrons. The molecule has 0 bridgehead atoms. The third kappa shape index (κ3) is 3.48. The zero-order valence-corrected chi connectivity index (χ0v) is 13.6. The van der Waals surface area contributed by atoms with Gasteiger partial charge in [0.2, 0.25) is 0 Å². The van der Waals surface area contributed by atoms with E-state index in [4.69, 9.17) is 0 Å². The van der Waals surface area contributed by atoms with Crippen molar-refractivity contribution in [3.05, 3.63) is 0 Å². The summed E-state index contributed by atoms with van der Waals surface area (Å²) in [6, 6.07) is 0.672. The summed E-state index contributed by atoms with van der Waals surface area (Å²) in [5.41, 5.74) is 0.610. The summed E-state index contributed by atoms with van der Waals surface area (Å²) in [5.74, 6) is 0.718. The van der Waals surface area contributed by atoms with Crippen LogP contribution in [0.25, 0.3) is 0 Å². The van der Waals surface area contributed by atoms with Crippen molar-refractivity contribution < 1.29 is 0 Å². The summed E-state index contributed by atoms with van der Waals surface area (Å²) in [4.78, 5) is 2.78. The maximum atomic E-state index is 3.78. The number of piperazine rings is 1. The fraction of sp³-hybridized carbons (Fsp3) is 1.00. The van der Waals surface area contributed by atoms with Crippen LogP contribution < -0.4 is 5.32 Å². The van der Waals surface area contributed by atoms with E-state index in [1.807, 2.05) is 0 Å². The van der Waals surface area contributed by atoms with Gasteiger partial charge in [0.1, 0.15) is 0 Å². The first kappa shape index (κ1) is 16.0. The molecule has 0 radical (unpaired) electrons. The number of rotatable bonds is 5. The average Bonchev–Trinajstić information content (AvgIpc) is 2.28. The first-order chi connectivity index (χ1) is 8.25. The first-order valence-electron chi connectivity index (χ1n) is 7.77. The van der Waals surface area contributed by atoms with Gasteiger partial charge >= 0.3 is 0 Å². The minimum atomic E-state index is 0.288. The van der Waals surface area contributed by atoms with Gasteiger partial charge in [-0.1, -0.05) is 34.1 Å². The van der Waals surface area contributed by atoms with Crippen LogP contribution in [-0.2, 0) is 0 Å².